The number of carbonyl (C=O) groups excluding carboxylic acids is 3. The third-order valence-electron chi connectivity index (χ3n) is 9.48. The molecule has 2 saturated heterocycles. The fraction of sp³-hybridized carbons (Fsp3) is 0.515. The summed E-state index contributed by atoms with van der Waals surface area (Å²) in [5.41, 5.74) is 5.49. The zero-order valence-electron chi connectivity index (χ0n) is 27.3. The maximum Gasteiger partial charge on any atom is 0.415 e. The van der Waals surface area contributed by atoms with E-state index in [1.807, 2.05) is 17.5 Å². The van der Waals surface area contributed by atoms with Gasteiger partial charge in [-0.25, -0.2) is 13.2 Å². The number of amides is 3. The van der Waals surface area contributed by atoms with Gasteiger partial charge in [0.05, 0.1) is 24.2 Å². The van der Waals surface area contributed by atoms with E-state index in [0.717, 1.165) is 49.4 Å². The first-order valence-electron chi connectivity index (χ1n) is 16.6. The van der Waals surface area contributed by atoms with Crippen molar-refractivity contribution < 1.29 is 27.5 Å². The van der Waals surface area contributed by atoms with Crippen LogP contribution >= 0.6 is 22.9 Å². The van der Waals surface area contributed by atoms with Crippen molar-refractivity contribution in [3.8, 4) is 5.75 Å². The van der Waals surface area contributed by atoms with Crippen molar-refractivity contribution in [3.63, 3.8) is 0 Å². The Kier molecular flexibility index (Phi) is 12.7. The van der Waals surface area contributed by atoms with Crippen LogP contribution < -0.4 is 21.1 Å². The average molecular weight is 734 g/mol. The number of thiophene rings is 1. The lowest BCUT2D eigenvalue weighted by molar-refractivity contribution is -0.146. The van der Waals surface area contributed by atoms with Crippen LogP contribution in [0.25, 0.3) is 0 Å². The number of allylic oxidation sites excluding steroid dienone is 1. The lowest BCUT2D eigenvalue weighted by atomic mass is 9.86. The van der Waals surface area contributed by atoms with Crippen molar-refractivity contribution in [3.05, 3.63) is 62.8 Å². The molecule has 3 fully saturated rings. The molecule has 16 heteroatoms. The molecular formula is C33H44ClN7O6S2. The number of sulfonamides is 1. The molecule has 1 aromatic carbocycles. The fourth-order valence-corrected chi connectivity index (χ4v) is 8.88. The lowest BCUT2D eigenvalue weighted by Gasteiger charge is -2.44. The summed E-state index contributed by atoms with van der Waals surface area (Å²) in [5.74, 6) is -0.637. The minimum atomic E-state index is -3.93. The monoisotopic (exact) mass is 733 g/mol. The van der Waals surface area contributed by atoms with Crippen LogP contribution in [0.2, 0.25) is 5.02 Å². The maximum absolute atomic E-state index is 14.7. The van der Waals surface area contributed by atoms with Crippen LogP contribution in [0, 0.1) is 11.3 Å². The van der Waals surface area contributed by atoms with Gasteiger partial charge in [0.15, 0.2) is 5.75 Å². The third-order valence-corrected chi connectivity index (χ3v) is 12.6. The molecule has 3 aliphatic rings. The van der Waals surface area contributed by atoms with Gasteiger partial charge in [-0.1, -0.05) is 49.1 Å². The molecule has 266 valence electrons. The number of ether oxygens (including phenoxy) is 1. The van der Waals surface area contributed by atoms with E-state index in [4.69, 9.17) is 27.5 Å². The Morgan fingerprint density at radius 3 is 2.43 bits per heavy atom. The predicted molar refractivity (Wildman–Crippen MR) is 189 cm³/mol. The second-order valence-corrected chi connectivity index (χ2v) is 15.9. The van der Waals surface area contributed by atoms with Gasteiger partial charge in [0.2, 0.25) is 21.8 Å². The van der Waals surface area contributed by atoms with Crippen LogP contribution in [-0.2, 0) is 26.2 Å². The van der Waals surface area contributed by atoms with Crippen molar-refractivity contribution in [1.29, 1.82) is 5.41 Å². The van der Waals surface area contributed by atoms with E-state index >= 15 is 0 Å². The molecule has 0 unspecified atom stereocenters. The van der Waals surface area contributed by atoms with Crippen molar-refractivity contribution >= 4 is 57.1 Å². The number of nitrogens with zero attached hydrogens (tertiary/aromatic N) is 3. The number of halogens is 1. The van der Waals surface area contributed by atoms with Gasteiger partial charge in [0.1, 0.15) is 10.9 Å². The van der Waals surface area contributed by atoms with Crippen LogP contribution in [0.4, 0.5) is 4.79 Å². The maximum atomic E-state index is 14.7. The summed E-state index contributed by atoms with van der Waals surface area (Å²) < 4.78 is 33.0. The number of piperidine rings is 1. The number of benzene rings is 1. The minimum Gasteiger partial charge on any atom is -0.409 e. The van der Waals surface area contributed by atoms with Crippen molar-refractivity contribution in [2.24, 2.45) is 11.7 Å². The average Bonchev–Trinajstić information content (AvgIpc) is 3.65. The van der Waals surface area contributed by atoms with Gasteiger partial charge in [-0.15, -0.1) is 11.3 Å². The van der Waals surface area contributed by atoms with E-state index < -0.39 is 28.2 Å². The largest absolute Gasteiger partial charge is 0.415 e. The minimum absolute atomic E-state index is 0.0735. The molecule has 0 radical (unpaired) electrons. The molecule has 49 heavy (non-hydrogen) atoms. The Morgan fingerprint density at radius 2 is 1.78 bits per heavy atom. The third kappa shape index (κ3) is 9.00. The highest BCUT2D eigenvalue weighted by Crippen LogP contribution is 2.29. The predicted octanol–water partition coefficient (Wildman–Crippen LogP) is 3.51. The first-order valence-corrected chi connectivity index (χ1v) is 19.3. The Labute approximate surface area is 296 Å². The number of rotatable bonds is 11. The number of hydrogen-bond acceptors (Lipinski definition) is 10. The fourth-order valence-electron chi connectivity index (χ4n) is 6.75. The summed E-state index contributed by atoms with van der Waals surface area (Å²) in [5, 5.41) is 16.3. The molecule has 2 aliphatic heterocycles. The molecule has 2 aromatic rings. The molecule has 1 aromatic heterocycles. The molecule has 1 saturated carbocycles. The normalized spacial score (nSPS) is 20.8. The summed E-state index contributed by atoms with van der Waals surface area (Å²) in [6.45, 7) is 0.796. The highest BCUT2D eigenvalue weighted by atomic mass is 35.5. The molecule has 3 heterocycles. The quantitative estimate of drug-likeness (QED) is 0.254. The summed E-state index contributed by atoms with van der Waals surface area (Å²) in [4.78, 5) is 45.4. The standard InChI is InChI=1S/C33H44ClN7O6S2/c34-27-10-4-5-11-29(27)47-33(44)39-16-17-41(28(22-39)31(42)37-21-25-9-6-18-48-25)32(43)30(38-24-7-2-1-3-8-24)23-12-14-40(15-13-23)49(45,46)26(19-35)20-36/h4-6,9-11,18-20,23-24,28,30,35,38H,1-3,7-8,12-17,21-22,36H2,(H,37,42)/t28-,30+/m0/s1. The van der Waals surface area contributed by atoms with Crippen molar-refractivity contribution in [2.75, 3.05) is 32.7 Å². The zero-order valence-corrected chi connectivity index (χ0v) is 29.6. The summed E-state index contributed by atoms with van der Waals surface area (Å²) in [6, 6.07) is 8.90. The topological polar surface area (TPSA) is 178 Å². The van der Waals surface area contributed by atoms with Gasteiger partial charge in [-0.05, 0) is 55.2 Å². The van der Waals surface area contributed by atoms with Crippen LogP contribution in [0.15, 0.2) is 52.9 Å². The van der Waals surface area contributed by atoms with E-state index in [9.17, 15) is 22.8 Å². The Morgan fingerprint density at radius 1 is 1.04 bits per heavy atom. The van der Waals surface area contributed by atoms with Crippen LogP contribution in [0.3, 0.4) is 0 Å². The first kappa shape index (κ1) is 36.8. The second kappa shape index (κ2) is 16.9. The SMILES string of the molecule is N=CC(=CN)S(=O)(=O)N1CCC([C@@H](NC2CCCCC2)C(=O)N2CCN(C(=O)Oc3ccccc3Cl)C[C@H]2C(=O)NCc2cccs2)CC1. The Balaban J connectivity index is 1.36. The van der Waals surface area contributed by atoms with Gasteiger partial charge in [0, 0.05) is 49.5 Å². The van der Waals surface area contributed by atoms with Gasteiger partial charge in [-0.2, -0.15) is 4.31 Å². The van der Waals surface area contributed by atoms with Gasteiger partial charge in [0.25, 0.3) is 0 Å². The van der Waals surface area contributed by atoms with E-state index in [2.05, 4.69) is 10.6 Å². The summed E-state index contributed by atoms with van der Waals surface area (Å²) in [6.07, 6.45) is 6.87. The molecule has 3 amide bonds. The van der Waals surface area contributed by atoms with E-state index in [1.54, 1.807) is 29.2 Å². The second-order valence-electron chi connectivity index (χ2n) is 12.5. The van der Waals surface area contributed by atoms with Crippen LogP contribution in [0.5, 0.6) is 5.75 Å². The Bertz CT molecular complexity index is 1610. The molecule has 0 spiro atoms. The Hall–Kier alpha value is -3.50. The zero-order chi connectivity index (χ0) is 35.0. The number of carbonyl (C=O) groups is 3. The van der Waals surface area contributed by atoms with Crippen molar-refractivity contribution in [2.45, 2.75) is 69.6 Å². The van der Waals surface area contributed by atoms with E-state index in [-0.39, 0.29) is 78.7 Å². The molecule has 1 aliphatic carbocycles. The van der Waals surface area contributed by atoms with Gasteiger partial charge < -0.3 is 36.3 Å². The number of nitrogens with one attached hydrogen (secondary N) is 3. The molecule has 0 bridgehead atoms. The van der Waals surface area contributed by atoms with Gasteiger partial charge in [-0.3, -0.25) is 9.59 Å². The summed E-state index contributed by atoms with van der Waals surface area (Å²) >= 11 is 7.72. The van der Waals surface area contributed by atoms with Crippen LogP contribution in [-0.4, -0.2) is 97.5 Å². The smallest absolute Gasteiger partial charge is 0.409 e. The highest BCUT2D eigenvalue weighted by molar-refractivity contribution is 7.93. The molecule has 5 rings (SSSR count). The number of para-hydroxylation sites is 1. The number of piperazine rings is 1. The lowest BCUT2D eigenvalue weighted by Crippen LogP contribution is -2.66. The van der Waals surface area contributed by atoms with Crippen LogP contribution in [0.1, 0.15) is 49.8 Å². The molecular weight excluding hydrogens is 690 g/mol. The summed E-state index contributed by atoms with van der Waals surface area (Å²) in [7, 11) is -3.93. The first-order chi connectivity index (χ1) is 23.6. The molecule has 5 N–H and O–H groups in total. The van der Waals surface area contributed by atoms with E-state index in [1.165, 1.54) is 20.5 Å². The molecule has 13 nitrogen and oxygen atoms in total. The number of nitrogens with two attached hydrogens (primary N) is 1. The van der Waals surface area contributed by atoms with E-state index in [0.29, 0.717) is 12.8 Å². The van der Waals surface area contributed by atoms with Gasteiger partial charge >= 0.3 is 6.09 Å². The highest BCUT2D eigenvalue weighted by Gasteiger charge is 2.44. The molecule has 2 atom stereocenters. The number of hydrogen-bond donors (Lipinski definition) is 4. The van der Waals surface area contributed by atoms with Crippen molar-refractivity contribution in [1.82, 2.24) is 24.7 Å².